The van der Waals surface area contributed by atoms with E-state index in [0.717, 1.165) is 27.4 Å². The Balaban J connectivity index is 1.56. The molecule has 1 unspecified atom stereocenters. The highest BCUT2D eigenvalue weighted by Gasteiger charge is 2.48. The van der Waals surface area contributed by atoms with E-state index in [1.165, 1.54) is 32.4 Å². The number of esters is 1. The van der Waals surface area contributed by atoms with Crippen molar-refractivity contribution in [3.63, 3.8) is 0 Å². The molecule has 0 bridgehead atoms. The zero-order valence-electron chi connectivity index (χ0n) is 23.8. The first-order valence-corrected chi connectivity index (χ1v) is 14.0. The summed E-state index contributed by atoms with van der Waals surface area (Å²) >= 11 is 0.889. The molecule has 0 spiro atoms. The lowest BCUT2D eigenvalue weighted by Crippen LogP contribution is -2.29. The molecule has 1 aliphatic rings. The van der Waals surface area contributed by atoms with Gasteiger partial charge in [0.15, 0.2) is 16.6 Å². The van der Waals surface area contributed by atoms with E-state index in [-0.39, 0.29) is 32.6 Å². The molecule has 1 aliphatic heterocycles. The minimum absolute atomic E-state index is 0.0657. The van der Waals surface area contributed by atoms with Crippen molar-refractivity contribution in [1.82, 2.24) is 4.98 Å². The Morgan fingerprint density at radius 3 is 2.44 bits per heavy atom. The van der Waals surface area contributed by atoms with E-state index in [0.29, 0.717) is 23.6 Å². The van der Waals surface area contributed by atoms with E-state index in [9.17, 15) is 24.6 Å². The molecular weight excluding hydrogens is 572 g/mol. The summed E-state index contributed by atoms with van der Waals surface area (Å²) in [6.07, 6.45) is 0. The van der Waals surface area contributed by atoms with Gasteiger partial charge in [-0.15, -0.1) is 0 Å². The zero-order chi connectivity index (χ0) is 30.8. The largest absolute Gasteiger partial charge is 0.507 e. The van der Waals surface area contributed by atoms with Crippen molar-refractivity contribution in [2.75, 3.05) is 19.1 Å². The second-order valence-corrected chi connectivity index (χ2v) is 10.8. The number of amides is 1. The highest BCUT2D eigenvalue weighted by atomic mass is 32.1. The fourth-order valence-electron chi connectivity index (χ4n) is 4.81. The first-order chi connectivity index (χ1) is 20.6. The number of anilines is 1. The molecule has 5 rings (SSSR count). The molecule has 43 heavy (non-hydrogen) atoms. The van der Waals surface area contributed by atoms with Crippen LogP contribution in [0.1, 0.15) is 43.7 Å². The van der Waals surface area contributed by atoms with E-state index < -0.39 is 29.5 Å². The smallest absolute Gasteiger partial charge is 0.350 e. The molecular formula is C32H28N2O8S. The number of thiazole rings is 1. The molecule has 11 heteroatoms. The van der Waals surface area contributed by atoms with Gasteiger partial charge >= 0.3 is 11.9 Å². The topological polar surface area (TPSA) is 135 Å². The van der Waals surface area contributed by atoms with Crippen molar-refractivity contribution in [1.29, 1.82) is 0 Å². The molecule has 0 radical (unpaired) electrons. The number of methoxy groups -OCH3 is 2. The zero-order valence-corrected chi connectivity index (χ0v) is 24.6. The number of hydrogen-bond acceptors (Lipinski definition) is 10. The predicted molar refractivity (Wildman–Crippen MR) is 160 cm³/mol. The van der Waals surface area contributed by atoms with Crippen molar-refractivity contribution in [3.05, 3.63) is 105 Å². The van der Waals surface area contributed by atoms with Gasteiger partial charge in [-0.05, 0) is 61.4 Å². The second kappa shape index (κ2) is 12.0. The van der Waals surface area contributed by atoms with Crippen LogP contribution in [0.2, 0.25) is 0 Å². The molecule has 0 aliphatic carbocycles. The first kappa shape index (κ1) is 29.3. The van der Waals surface area contributed by atoms with Crippen LogP contribution in [-0.2, 0) is 20.9 Å². The SMILES string of the molecule is COC(=O)c1sc(N2C(=O)C(=O)/C(=C(/O)c3ccc(OCc4cccc(C)c4)cc3)C2c2ccc(O)c(OC)c2)nc1C. The number of benzene rings is 3. The van der Waals surface area contributed by atoms with Crippen LogP contribution in [0, 0.1) is 13.8 Å². The summed E-state index contributed by atoms with van der Waals surface area (Å²) in [4.78, 5) is 45.0. The molecule has 1 aromatic heterocycles. The van der Waals surface area contributed by atoms with E-state index >= 15 is 0 Å². The molecule has 2 N–H and O–H groups in total. The summed E-state index contributed by atoms with van der Waals surface area (Å²) in [5.74, 6) is -2.43. The van der Waals surface area contributed by atoms with Crippen LogP contribution in [0.15, 0.2) is 72.3 Å². The Hall–Kier alpha value is -5.16. The number of carbonyl (C=O) groups excluding carboxylic acids is 3. The summed E-state index contributed by atoms with van der Waals surface area (Å²) in [6, 6.07) is 17.6. The third kappa shape index (κ3) is 5.67. The van der Waals surface area contributed by atoms with Gasteiger partial charge in [-0.2, -0.15) is 0 Å². The minimum atomic E-state index is -1.15. The number of nitrogens with zero attached hydrogens (tertiary/aromatic N) is 2. The van der Waals surface area contributed by atoms with Crippen LogP contribution >= 0.6 is 11.3 Å². The number of Topliss-reactive ketones (excluding diaryl/α,β-unsaturated/α-hetero) is 1. The van der Waals surface area contributed by atoms with E-state index in [1.807, 2.05) is 31.2 Å². The Morgan fingerprint density at radius 2 is 1.77 bits per heavy atom. The standard InChI is InChI=1S/C32H28N2O8S/c1-17-6-5-7-19(14-17)16-42-22-11-8-20(9-12-22)27(36)25-26(21-10-13-23(35)24(15-21)40-3)34(30(38)28(25)37)32-33-18(2)29(43-32)31(39)41-4/h5-15,26,35-36H,16H2,1-4H3/b27-25+. The van der Waals surface area contributed by atoms with Crippen molar-refractivity contribution < 1.29 is 38.8 Å². The Bertz CT molecular complexity index is 1760. The number of rotatable bonds is 8. The van der Waals surface area contributed by atoms with Crippen molar-refractivity contribution in [2.24, 2.45) is 0 Å². The van der Waals surface area contributed by atoms with Crippen molar-refractivity contribution >= 4 is 39.9 Å². The molecule has 10 nitrogen and oxygen atoms in total. The summed E-state index contributed by atoms with van der Waals surface area (Å²) in [7, 11) is 2.60. The molecule has 0 saturated carbocycles. The fourth-order valence-corrected chi connectivity index (χ4v) is 5.82. The summed E-state index contributed by atoms with van der Waals surface area (Å²) < 4.78 is 16.0. The second-order valence-electron chi connectivity index (χ2n) is 9.81. The number of hydrogen-bond donors (Lipinski definition) is 2. The predicted octanol–water partition coefficient (Wildman–Crippen LogP) is 5.47. The lowest BCUT2D eigenvalue weighted by atomic mass is 9.95. The average molecular weight is 601 g/mol. The third-order valence-corrected chi connectivity index (χ3v) is 8.08. The molecule has 1 saturated heterocycles. The number of aliphatic hydroxyl groups is 1. The van der Waals surface area contributed by atoms with Crippen LogP contribution in [0.3, 0.4) is 0 Å². The summed E-state index contributed by atoms with van der Waals surface area (Å²) in [5, 5.41) is 21.7. The Labute approximate surface area is 251 Å². The van der Waals surface area contributed by atoms with Gasteiger partial charge in [0.05, 0.1) is 31.5 Å². The number of aromatic nitrogens is 1. The van der Waals surface area contributed by atoms with Gasteiger partial charge in [0, 0.05) is 5.56 Å². The van der Waals surface area contributed by atoms with Gasteiger partial charge in [-0.25, -0.2) is 9.78 Å². The monoisotopic (exact) mass is 600 g/mol. The number of aryl methyl sites for hydroxylation is 2. The minimum Gasteiger partial charge on any atom is -0.507 e. The first-order valence-electron chi connectivity index (χ1n) is 13.1. The van der Waals surface area contributed by atoms with Crippen molar-refractivity contribution in [2.45, 2.75) is 26.5 Å². The molecule has 1 atom stereocenters. The van der Waals surface area contributed by atoms with Gasteiger partial charge in [-0.3, -0.25) is 14.5 Å². The Kier molecular flexibility index (Phi) is 8.18. The summed E-state index contributed by atoms with van der Waals surface area (Å²) in [5.41, 5.74) is 2.89. The maximum absolute atomic E-state index is 13.5. The van der Waals surface area contributed by atoms with Gasteiger partial charge < -0.3 is 24.4 Å². The lowest BCUT2D eigenvalue weighted by molar-refractivity contribution is -0.132. The number of carbonyl (C=O) groups is 3. The van der Waals surface area contributed by atoms with Gasteiger partial charge in [0.1, 0.15) is 23.0 Å². The van der Waals surface area contributed by atoms with Crippen LogP contribution in [0.25, 0.3) is 5.76 Å². The highest BCUT2D eigenvalue weighted by Crippen LogP contribution is 2.45. The number of ketones is 1. The van der Waals surface area contributed by atoms with Crippen molar-refractivity contribution in [3.8, 4) is 17.2 Å². The maximum atomic E-state index is 13.5. The highest BCUT2D eigenvalue weighted by molar-refractivity contribution is 7.17. The van der Waals surface area contributed by atoms with Gasteiger partial charge in [0.2, 0.25) is 0 Å². The van der Waals surface area contributed by atoms with Crippen LogP contribution in [0.5, 0.6) is 17.2 Å². The molecule has 1 amide bonds. The quantitative estimate of drug-likeness (QED) is 0.117. The number of aliphatic hydroxyl groups excluding tert-OH is 1. The van der Waals surface area contributed by atoms with E-state index in [1.54, 1.807) is 31.2 Å². The molecule has 2 heterocycles. The van der Waals surface area contributed by atoms with E-state index in [2.05, 4.69) is 4.98 Å². The number of ether oxygens (including phenoxy) is 3. The molecule has 1 fully saturated rings. The number of phenols is 1. The van der Waals surface area contributed by atoms with Crippen LogP contribution < -0.4 is 14.4 Å². The van der Waals surface area contributed by atoms with E-state index in [4.69, 9.17) is 14.2 Å². The van der Waals surface area contributed by atoms with Gasteiger partial charge in [-0.1, -0.05) is 47.2 Å². The van der Waals surface area contributed by atoms with Crippen LogP contribution in [0.4, 0.5) is 5.13 Å². The number of phenolic OH excluding ortho intramolecular Hbond substituents is 1. The average Bonchev–Trinajstić information content (AvgIpc) is 3.52. The lowest BCUT2D eigenvalue weighted by Gasteiger charge is -2.23. The van der Waals surface area contributed by atoms with Gasteiger partial charge in [0.25, 0.3) is 5.78 Å². The normalized spacial score (nSPS) is 15.9. The number of aromatic hydroxyl groups is 1. The fraction of sp³-hybridized carbons (Fsp3) is 0.188. The summed E-state index contributed by atoms with van der Waals surface area (Å²) in [6.45, 7) is 3.94. The maximum Gasteiger partial charge on any atom is 0.350 e. The van der Waals surface area contributed by atoms with Crippen LogP contribution in [-0.4, -0.2) is 47.1 Å². The third-order valence-electron chi connectivity index (χ3n) is 6.94. The molecule has 3 aromatic carbocycles. The molecule has 220 valence electrons. The molecule has 4 aromatic rings. The Morgan fingerprint density at radius 1 is 1.02 bits per heavy atom.